The molecule has 12 rings (SSSR count). The van der Waals surface area contributed by atoms with Crippen molar-refractivity contribution in [2.45, 2.75) is 19.3 Å². The third-order valence-electron chi connectivity index (χ3n) is 12.1. The standard InChI is InChI=1S/C52H33N3O/c1-52(2)42-28-34(36-24-20-32-19-18-30-12-8-13-31-21-27-39(36)47(32)46(30)31)22-25-37(42)38-26-23-35(29-43(38)52)50-53-49(33-10-4-3-5-11-33)54-51(55-50)41-15-9-17-45-48(41)40-14-6-7-16-44(40)56-45/h3-29H,1-2H3. The molecule has 0 fully saturated rings. The van der Waals surface area contributed by atoms with Crippen molar-refractivity contribution in [2.24, 2.45) is 0 Å². The van der Waals surface area contributed by atoms with E-state index < -0.39 is 0 Å². The fourth-order valence-electron chi connectivity index (χ4n) is 9.33. The van der Waals surface area contributed by atoms with E-state index in [-0.39, 0.29) is 5.41 Å². The molecule has 1 aliphatic carbocycles. The van der Waals surface area contributed by atoms with Crippen LogP contribution >= 0.6 is 0 Å². The van der Waals surface area contributed by atoms with Gasteiger partial charge in [-0.3, -0.25) is 0 Å². The predicted molar refractivity (Wildman–Crippen MR) is 230 cm³/mol. The van der Waals surface area contributed by atoms with Gasteiger partial charge in [0, 0.05) is 32.9 Å². The van der Waals surface area contributed by atoms with E-state index in [4.69, 9.17) is 19.4 Å². The topological polar surface area (TPSA) is 51.8 Å². The molecule has 0 radical (unpaired) electrons. The van der Waals surface area contributed by atoms with Gasteiger partial charge < -0.3 is 4.42 Å². The first-order valence-electron chi connectivity index (χ1n) is 19.2. The van der Waals surface area contributed by atoms with Crippen LogP contribution in [-0.2, 0) is 5.41 Å². The summed E-state index contributed by atoms with van der Waals surface area (Å²) in [5.74, 6) is 1.89. The number of hydrogen-bond acceptors (Lipinski definition) is 4. The van der Waals surface area contributed by atoms with Crippen LogP contribution in [0.3, 0.4) is 0 Å². The Labute approximate surface area is 323 Å². The molecular formula is C52H33N3O. The van der Waals surface area contributed by atoms with E-state index in [2.05, 4.69) is 129 Å². The molecule has 0 amide bonds. The summed E-state index contributed by atoms with van der Waals surface area (Å²) in [6, 6.07) is 58.4. The Bertz CT molecular complexity index is 3380. The lowest BCUT2D eigenvalue weighted by atomic mass is 9.80. The quantitative estimate of drug-likeness (QED) is 0.170. The highest BCUT2D eigenvalue weighted by molar-refractivity contribution is 6.25. The van der Waals surface area contributed by atoms with Crippen molar-refractivity contribution in [3.63, 3.8) is 0 Å². The Morgan fingerprint density at radius 1 is 0.375 bits per heavy atom. The van der Waals surface area contributed by atoms with Crippen LogP contribution in [0.5, 0.6) is 0 Å². The van der Waals surface area contributed by atoms with Gasteiger partial charge in [0.05, 0.1) is 0 Å². The largest absolute Gasteiger partial charge is 0.456 e. The van der Waals surface area contributed by atoms with Gasteiger partial charge in [0.2, 0.25) is 0 Å². The molecular weight excluding hydrogens is 683 g/mol. The second-order valence-corrected chi connectivity index (χ2v) is 15.6. The number of rotatable bonds is 4. The average Bonchev–Trinajstić information content (AvgIpc) is 3.74. The van der Waals surface area contributed by atoms with Crippen molar-refractivity contribution in [3.05, 3.63) is 175 Å². The van der Waals surface area contributed by atoms with E-state index in [1.165, 1.54) is 65.7 Å². The molecule has 56 heavy (non-hydrogen) atoms. The summed E-state index contributed by atoms with van der Waals surface area (Å²) < 4.78 is 6.26. The molecule has 1 aliphatic rings. The zero-order valence-electron chi connectivity index (χ0n) is 30.8. The van der Waals surface area contributed by atoms with Crippen molar-refractivity contribution in [1.29, 1.82) is 0 Å². The van der Waals surface area contributed by atoms with Crippen molar-refractivity contribution in [3.8, 4) is 56.4 Å². The molecule has 0 atom stereocenters. The van der Waals surface area contributed by atoms with Crippen LogP contribution in [0.25, 0.3) is 111 Å². The summed E-state index contributed by atoms with van der Waals surface area (Å²) in [6.07, 6.45) is 0. The molecule has 0 saturated heterocycles. The molecule has 0 N–H and O–H groups in total. The molecule has 0 bridgehead atoms. The van der Waals surface area contributed by atoms with Gasteiger partial charge in [-0.1, -0.05) is 153 Å². The zero-order valence-corrected chi connectivity index (χ0v) is 30.8. The predicted octanol–water partition coefficient (Wildman–Crippen LogP) is 13.6. The molecule has 11 aromatic rings. The van der Waals surface area contributed by atoms with Crippen molar-refractivity contribution in [2.75, 3.05) is 0 Å². The summed E-state index contributed by atoms with van der Waals surface area (Å²) in [6.45, 7) is 4.68. The maximum Gasteiger partial charge on any atom is 0.164 e. The van der Waals surface area contributed by atoms with E-state index in [1.807, 2.05) is 48.5 Å². The minimum atomic E-state index is -0.250. The summed E-state index contributed by atoms with van der Waals surface area (Å²) in [5.41, 5.74) is 11.8. The molecule has 2 aromatic heterocycles. The lowest BCUT2D eigenvalue weighted by Crippen LogP contribution is -2.15. The Kier molecular flexibility index (Phi) is 6.37. The molecule has 0 unspecified atom stereocenters. The van der Waals surface area contributed by atoms with Gasteiger partial charge in [-0.25, -0.2) is 15.0 Å². The van der Waals surface area contributed by atoms with Crippen LogP contribution in [0.15, 0.2) is 168 Å². The van der Waals surface area contributed by atoms with Gasteiger partial charge in [0.15, 0.2) is 17.5 Å². The Hall–Kier alpha value is -7.17. The van der Waals surface area contributed by atoms with Gasteiger partial charge in [0.1, 0.15) is 11.2 Å². The molecule has 9 aromatic carbocycles. The highest BCUT2D eigenvalue weighted by Crippen LogP contribution is 2.51. The van der Waals surface area contributed by atoms with Gasteiger partial charge in [0.25, 0.3) is 0 Å². The molecule has 0 saturated carbocycles. The van der Waals surface area contributed by atoms with Gasteiger partial charge in [-0.2, -0.15) is 0 Å². The van der Waals surface area contributed by atoms with E-state index in [0.29, 0.717) is 17.5 Å². The van der Waals surface area contributed by atoms with Crippen molar-refractivity contribution < 1.29 is 4.42 Å². The maximum atomic E-state index is 6.26. The van der Waals surface area contributed by atoms with Crippen LogP contribution < -0.4 is 0 Å². The number of fused-ring (bicyclic) bond motifs is 6. The first-order chi connectivity index (χ1) is 27.5. The highest BCUT2D eigenvalue weighted by Gasteiger charge is 2.36. The fraction of sp³-hybridized carbons (Fsp3) is 0.0577. The van der Waals surface area contributed by atoms with E-state index >= 15 is 0 Å². The fourth-order valence-corrected chi connectivity index (χ4v) is 9.33. The summed E-state index contributed by atoms with van der Waals surface area (Å²) >= 11 is 0. The van der Waals surface area contributed by atoms with E-state index in [1.54, 1.807) is 0 Å². The molecule has 4 heteroatoms. The lowest BCUT2D eigenvalue weighted by molar-refractivity contribution is 0.661. The lowest BCUT2D eigenvalue weighted by Gasteiger charge is -2.23. The van der Waals surface area contributed by atoms with Crippen LogP contribution in [-0.4, -0.2) is 15.0 Å². The number of aromatic nitrogens is 3. The maximum absolute atomic E-state index is 6.26. The number of nitrogens with zero attached hydrogens (tertiary/aromatic N) is 3. The number of benzene rings is 9. The third kappa shape index (κ3) is 4.44. The van der Waals surface area contributed by atoms with E-state index in [0.717, 1.165) is 38.6 Å². The summed E-state index contributed by atoms with van der Waals surface area (Å²) in [7, 11) is 0. The smallest absolute Gasteiger partial charge is 0.164 e. The highest BCUT2D eigenvalue weighted by atomic mass is 16.3. The van der Waals surface area contributed by atoms with Gasteiger partial charge in [-0.05, 0) is 90.0 Å². The molecule has 0 spiro atoms. The minimum Gasteiger partial charge on any atom is -0.456 e. The van der Waals surface area contributed by atoms with Crippen molar-refractivity contribution in [1.82, 2.24) is 15.0 Å². The van der Waals surface area contributed by atoms with Crippen LogP contribution in [0.4, 0.5) is 0 Å². The van der Waals surface area contributed by atoms with Gasteiger partial charge in [-0.15, -0.1) is 0 Å². The number of hydrogen-bond donors (Lipinski definition) is 0. The Balaban J connectivity index is 0.998. The Morgan fingerprint density at radius 2 is 0.964 bits per heavy atom. The first kappa shape index (κ1) is 31.2. The van der Waals surface area contributed by atoms with Crippen LogP contribution in [0.1, 0.15) is 25.0 Å². The van der Waals surface area contributed by atoms with Gasteiger partial charge >= 0.3 is 0 Å². The molecule has 262 valence electrons. The van der Waals surface area contributed by atoms with Crippen LogP contribution in [0, 0.1) is 0 Å². The second kappa shape index (κ2) is 11.4. The monoisotopic (exact) mass is 715 g/mol. The first-order valence-corrected chi connectivity index (χ1v) is 19.2. The minimum absolute atomic E-state index is 0.250. The van der Waals surface area contributed by atoms with E-state index in [9.17, 15) is 0 Å². The van der Waals surface area contributed by atoms with Crippen LogP contribution in [0.2, 0.25) is 0 Å². The average molecular weight is 716 g/mol. The SMILES string of the molecule is CC1(C)c2cc(-c3nc(-c4ccccc4)nc(-c4cccc5oc6ccccc6c45)n3)ccc2-c2ccc(-c3ccc4ccc5cccc6ccc3c4c56)cc21. The number of para-hydroxylation sites is 1. The Morgan fingerprint density at radius 3 is 1.77 bits per heavy atom. The normalized spacial score (nSPS) is 13.3. The zero-order chi connectivity index (χ0) is 37.1. The van der Waals surface area contributed by atoms with Crippen molar-refractivity contribution >= 4 is 54.3 Å². The summed E-state index contributed by atoms with van der Waals surface area (Å²) in [5, 5.41) is 9.87. The second-order valence-electron chi connectivity index (χ2n) is 15.6. The molecule has 2 heterocycles. The summed E-state index contributed by atoms with van der Waals surface area (Å²) in [4.78, 5) is 15.4. The third-order valence-corrected chi connectivity index (χ3v) is 12.1. The molecule has 4 nitrogen and oxygen atoms in total. The molecule has 0 aliphatic heterocycles. The number of furan rings is 1.